The molecule has 0 spiro atoms. The standard InChI is InChI=1S/C15H26BrNO2/c1-10-11(2)19-12(3)14(10)15(18)17-9-5-4-6-13(17)7-8-16/h10-14H,4-9H2,1-3H3. The van der Waals surface area contributed by atoms with Crippen LogP contribution in [0.5, 0.6) is 0 Å². The predicted octanol–water partition coefficient (Wildman–Crippen LogP) is 3.21. The molecule has 2 heterocycles. The van der Waals surface area contributed by atoms with Crippen LogP contribution in [0.15, 0.2) is 0 Å². The Balaban J connectivity index is 2.08. The molecule has 4 heteroatoms. The van der Waals surface area contributed by atoms with Crippen LogP contribution in [0.4, 0.5) is 0 Å². The van der Waals surface area contributed by atoms with Gasteiger partial charge in [-0.3, -0.25) is 4.79 Å². The summed E-state index contributed by atoms with van der Waals surface area (Å²) in [5.74, 6) is 0.704. The second-order valence-corrected chi connectivity index (χ2v) is 6.88. The molecule has 2 aliphatic heterocycles. The molecule has 0 aromatic rings. The minimum Gasteiger partial charge on any atom is -0.374 e. The first-order chi connectivity index (χ1) is 9.06. The van der Waals surface area contributed by atoms with Crippen LogP contribution in [0.1, 0.15) is 46.5 Å². The van der Waals surface area contributed by atoms with Crippen LogP contribution in [0.3, 0.4) is 0 Å². The van der Waals surface area contributed by atoms with Gasteiger partial charge in [-0.1, -0.05) is 22.9 Å². The number of carbonyl (C=O) groups excluding carboxylic acids is 1. The van der Waals surface area contributed by atoms with Crippen LogP contribution in [-0.2, 0) is 9.53 Å². The van der Waals surface area contributed by atoms with Crippen LogP contribution >= 0.6 is 15.9 Å². The molecule has 0 N–H and O–H groups in total. The van der Waals surface area contributed by atoms with Crippen molar-refractivity contribution in [2.24, 2.45) is 11.8 Å². The summed E-state index contributed by atoms with van der Waals surface area (Å²) in [5, 5.41) is 0.976. The molecule has 3 nitrogen and oxygen atoms in total. The normalized spacial score (nSPS) is 39.6. The number of amides is 1. The molecule has 0 aliphatic carbocycles. The molecule has 5 unspecified atom stereocenters. The van der Waals surface area contributed by atoms with Crippen molar-refractivity contribution >= 4 is 21.8 Å². The van der Waals surface area contributed by atoms with E-state index in [0.29, 0.717) is 17.9 Å². The maximum absolute atomic E-state index is 12.9. The summed E-state index contributed by atoms with van der Waals surface area (Å²) in [6.07, 6.45) is 4.88. The van der Waals surface area contributed by atoms with Gasteiger partial charge in [-0.25, -0.2) is 0 Å². The quantitative estimate of drug-likeness (QED) is 0.743. The molecule has 2 saturated heterocycles. The fourth-order valence-electron chi connectivity index (χ4n) is 3.60. The molecule has 0 radical (unpaired) electrons. The Kier molecular flexibility index (Phi) is 5.29. The molecule has 2 rings (SSSR count). The molecule has 0 aromatic heterocycles. The van der Waals surface area contributed by atoms with Gasteiger partial charge < -0.3 is 9.64 Å². The van der Waals surface area contributed by atoms with Gasteiger partial charge in [-0.05, 0) is 45.4 Å². The first-order valence-corrected chi connectivity index (χ1v) is 8.70. The third-order valence-corrected chi connectivity index (χ3v) is 5.34. The smallest absolute Gasteiger partial charge is 0.228 e. The predicted molar refractivity (Wildman–Crippen MR) is 80.4 cm³/mol. The largest absolute Gasteiger partial charge is 0.374 e. The third-order valence-electron chi connectivity index (χ3n) is 4.88. The topological polar surface area (TPSA) is 29.5 Å². The SMILES string of the molecule is CC1OC(C)C(C(=O)N2CCCCC2CCBr)C1C. The number of likely N-dealkylation sites (tertiary alicyclic amines) is 1. The summed E-state index contributed by atoms with van der Waals surface area (Å²) < 4.78 is 5.84. The van der Waals surface area contributed by atoms with Crippen molar-refractivity contribution in [3.8, 4) is 0 Å². The number of hydrogen-bond donors (Lipinski definition) is 0. The average Bonchev–Trinajstić information content (AvgIpc) is 2.64. The van der Waals surface area contributed by atoms with E-state index in [1.165, 1.54) is 6.42 Å². The zero-order valence-corrected chi connectivity index (χ0v) is 13.9. The van der Waals surface area contributed by atoms with Crippen LogP contribution < -0.4 is 0 Å². The number of piperidine rings is 1. The molecule has 1 amide bonds. The molecular weight excluding hydrogens is 306 g/mol. The van der Waals surface area contributed by atoms with E-state index in [9.17, 15) is 4.79 Å². The second-order valence-electron chi connectivity index (χ2n) is 6.09. The van der Waals surface area contributed by atoms with Crippen LogP contribution in [0.2, 0.25) is 0 Å². The van der Waals surface area contributed by atoms with Gasteiger partial charge in [-0.15, -0.1) is 0 Å². The highest BCUT2D eigenvalue weighted by Crippen LogP contribution is 2.35. The molecule has 110 valence electrons. The highest BCUT2D eigenvalue weighted by Gasteiger charge is 2.44. The Morgan fingerprint density at radius 1 is 1.26 bits per heavy atom. The molecule has 19 heavy (non-hydrogen) atoms. The van der Waals surface area contributed by atoms with Gasteiger partial charge in [0.2, 0.25) is 5.91 Å². The maximum atomic E-state index is 12.9. The first-order valence-electron chi connectivity index (χ1n) is 7.58. The Bertz CT molecular complexity index is 321. The van der Waals surface area contributed by atoms with Crippen molar-refractivity contribution in [2.45, 2.75) is 64.7 Å². The molecule has 0 aromatic carbocycles. The number of halogens is 1. The summed E-state index contributed by atoms with van der Waals surface area (Å²) in [6.45, 7) is 7.22. The molecule has 0 bridgehead atoms. The molecule has 5 atom stereocenters. The van der Waals surface area contributed by atoms with Crippen LogP contribution in [0.25, 0.3) is 0 Å². The highest BCUT2D eigenvalue weighted by atomic mass is 79.9. The zero-order chi connectivity index (χ0) is 14.0. The van der Waals surface area contributed by atoms with Gasteiger partial charge in [-0.2, -0.15) is 0 Å². The number of hydrogen-bond acceptors (Lipinski definition) is 2. The van der Waals surface area contributed by atoms with Crippen molar-refractivity contribution < 1.29 is 9.53 Å². The van der Waals surface area contributed by atoms with Crippen molar-refractivity contribution in [3.05, 3.63) is 0 Å². The molecular formula is C15H26BrNO2. The number of rotatable bonds is 3. The van der Waals surface area contributed by atoms with Crippen molar-refractivity contribution in [2.75, 3.05) is 11.9 Å². The lowest BCUT2D eigenvalue weighted by atomic mass is 9.86. The van der Waals surface area contributed by atoms with E-state index in [2.05, 4.69) is 34.7 Å². The van der Waals surface area contributed by atoms with E-state index in [-0.39, 0.29) is 18.1 Å². The van der Waals surface area contributed by atoms with Crippen molar-refractivity contribution in [1.29, 1.82) is 0 Å². The Labute approximate surface area is 125 Å². The number of ether oxygens (including phenoxy) is 1. The first kappa shape index (κ1) is 15.3. The lowest BCUT2D eigenvalue weighted by Gasteiger charge is -2.38. The van der Waals surface area contributed by atoms with Gasteiger partial charge >= 0.3 is 0 Å². The summed E-state index contributed by atoms with van der Waals surface area (Å²) in [6, 6.07) is 0.427. The lowest BCUT2D eigenvalue weighted by molar-refractivity contribution is -0.141. The number of nitrogens with zero attached hydrogens (tertiary/aromatic N) is 1. The van der Waals surface area contributed by atoms with E-state index in [4.69, 9.17) is 4.74 Å². The monoisotopic (exact) mass is 331 g/mol. The summed E-state index contributed by atoms with van der Waals surface area (Å²) in [5.41, 5.74) is 0. The Morgan fingerprint density at radius 3 is 2.58 bits per heavy atom. The molecule has 2 fully saturated rings. The average molecular weight is 332 g/mol. The van der Waals surface area contributed by atoms with E-state index >= 15 is 0 Å². The molecule has 2 aliphatic rings. The van der Waals surface area contributed by atoms with Crippen molar-refractivity contribution in [1.82, 2.24) is 4.90 Å². The Hall–Kier alpha value is -0.0900. The maximum Gasteiger partial charge on any atom is 0.228 e. The fourth-order valence-corrected chi connectivity index (χ4v) is 4.13. The van der Waals surface area contributed by atoms with E-state index in [1.807, 2.05) is 6.92 Å². The van der Waals surface area contributed by atoms with Crippen molar-refractivity contribution in [3.63, 3.8) is 0 Å². The highest BCUT2D eigenvalue weighted by molar-refractivity contribution is 9.09. The van der Waals surface area contributed by atoms with E-state index < -0.39 is 0 Å². The third kappa shape index (κ3) is 3.15. The van der Waals surface area contributed by atoms with E-state index in [1.54, 1.807) is 0 Å². The van der Waals surface area contributed by atoms with Gasteiger partial charge in [0.05, 0.1) is 18.1 Å². The second kappa shape index (κ2) is 6.57. The van der Waals surface area contributed by atoms with E-state index in [0.717, 1.165) is 31.1 Å². The number of carbonyl (C=O) groups is 1. The van der Waals surface area contributed by atoms with Gasteiger partial charge in [0, 0.05) is 17.9 Å². The Morgan fingerprint density at radius 2 is 2.00 bits per heavy atom. The summed E-state index contributed by atoms with van der Waals surface area (Å²) in [7, 11) is 0. The fraction of sp³-hybridized carbons (Fsp3) is 0.933. The van der Waals surface area contributed by atoms with Gasteiger partial charge in [0.25, 0.3) is 0 Å². The van der Waals surface area contributed by atoms with Crippen LogP contribution in [-0.4, -0.2) is 40.9 Å². The minimum absolute atomic E-state index is 0.0472. The lowest BCUT2D eigenvalue weighted by Crippen LogP contribution is -2.49. The van der Waals surface area contributed by atoms with Gasteiger partial charge in [0.1, 0.15) is 0 Å². The molecule has 0 saturated carbocycles. The number of alkyl halides is 1. The van der Waals surface area contributed by atoms with Gasteiger partial charge in [0.15, 0.2) is 0 Å². The zero-order valence-electron chi connectivity index (χ0n) is 12.3. The summed E-state index contributed by atoms with van der Waals surface area (Å²) in [4.78, 5) is 15.0. The van der Waals surface area contributed by atoms with Crippen LogP contribution in [0, 0.1) is 11.8 Å². The minimum atomic E-state index is 0.0472. The summed E-state index contributed by atoms with van der Waals surface area (Å²) >= 11 is 3.52.